The second-order valence-electron chi connectivity index (χ2n) is 5.94. The molecule has 0 saturated heterocycles. The third-order valence-corrected chi connectivity index (χ3v) is 4.92. The molecule has 0 saturated carbocycles. The number of nitrogens with one attached hydrogen (secondary N) is 1. The van der Waals surface area contributed by atoms with Crippen molar-refractivity contribution in [2.75, 3.05) is 18.9 Å². The number of hydrogen-bond donors (Lipinski definition) is 1. The average Bonchev–Trinajstić information content (AvgIpc) is 2.69. The van der Waals surface area contributed by atoms with Crippen LogP contribution in [0.4, 0.5) is 4.39 Å². The third-order valence-electron chi connectivity index (χ3n) is 3.91. The second kappa shape index (κ2) is 9.92. The summed E-state index contributed by atoms with van der Waals surface area (Å²) in [6.45, 7) is 1.08. The molecule has 3 aromatic rings. The summed E-state index contributed by atoms with van der Waals surface area (Å²) < 4.78 is 18.6. The summed E-state index contributed by atoms with van der Waals surface area (Å²) in [4.78, 5) is 17.2. The molecule has 0 radical (unpaired) electrons. The van der Waals surface area contributed by atoms with Crippen molar-refractivity contribution in [2.45, 2.75) is 17.7 Å². The van der Waals surface area contributed by atoms with Gasteiger partial charge in [0.2, 0.25) is 5.91 Å². The van der Waals surface area contributed by atoms with E-state index >= 15 is 0 Å². The van der Waals surface area contributed by atoms with E-state index in [1.807, 2.05) is 30.3 Å². The highest BCUT2D eigenvalue weighted by Crippen LogP contribution is 2.23. The molecule has 4 nitrogen and oxygen atoms in total. The molecule has 0 bridgehead atoms. The molecule has 0 aliphatic heterocycles. The van der Waals surface area contributed by atoms with Gasteiger partial charge in [0.15, 0.2) is 0 Å². The number of aromatic nitrogens is 1. The minimum atomic E-state index is -0.251. The highest BCUT2D eigenvalue weighted by Gasteiger charge is 2.04. The number of nitrogens with zero attached hydrogens (tertiary/aromatic N) is 1. The predicted molar refractivity (Wildman–Crippen MR) is 107 cm³/mol. The Hall–Kier alpha value is -2.60. The van der Waals surface area contributed by atoms with Crippen LogP contribution in [0.5, 0.6) is 5.75 Å². The lowest BCUT2D eigenvalue weighted by molar-refractivity contribution is -0.120. The lowest BCUT2D eigenvalue weighted by Crippen LogP contribution is -2.25. The first kappa shape index (κ1) is 19.2. The second-order valence-corrected chi connectivity index (χ2v) is 7.10. The van der Waals surface area contributed by atoms with E-state index in [0.717, 1.165) is 28.0 Å². The molecule has 0 unspecified atom stereocenters. The van der Waals surface area contributed by atoms with Crippen molar-refractivity contribution < 1.29 is 13.9 Å². The Morgan fingerprint density at radius 2 is 1.93 bits per heavy atom. The summed E-state index contributed by atoms with van der Waals surface area (Å²) in [5, 5.41) is 3.94. The molecule has 2 aromatic carbocycles. The molecule has 0 atom stereocenters. The Morgan fingerprint density at radius 3 is 2.78 bits per heavy atom. The van der Waals surface area contributed by atoms with Crippen LogP contribution in [-0.4, -0.2) is 29.8 Å². The number of thioether (sulfide) groups is 1. The molecule has 1 amide bonds. The van der Waals surface area contributed by atoms with Gasteiger partial charge in [0.1, 0.15) is 17.1 Å². The number of rotatable bonds is 9. The van der Waals surface area contributed by atoms with Crippen LogP contribution in [-0.2, 0) is 4.79 Å². The van der Waals surface area contributed by atoms with Crippen molar-refractivity contribution in [3.63, 3.8) is 0 Å². The summed E-state index contributed by atoms with van der Waals surface area (Å²) in [6, 6.07) is 16.0. The van der Waals surface area contributed by atoms with Crippen molar-refractivity contribution in [1.82, 2.24) is 10.3 Å². The van der Waals surface area contributed by atoms with Crippen LogP contribution >= 0.6 is 11.8 Å². The van der Waals surface area contributed by atoms with Crippen molar-refractivity contribution in [3.8, 4) is 5.75 Å². The summed E-state index contributed by atoms with van der Waals surface area (Å²) in [5.74, 6) is 1.18. The first-order valence-electron chi connectivity index (χ1n) is 8.84. The van der Waals surface area contributed by atoms with Crippen LogP contribution in [0.2, 0.25) is 0 Å². The topological polar surface area (TPSA) is 51.2 Å². The van der Waals surface area contributed by atoms with Gasteiger partial charge in [-0.15, -0.1) is 11.8 Å². The molecular weight excluding hydrogens is 363 g/mol. The Labute approximate surface area is 162 Å². The van der Waals surface area contributed by atoms with Crippen molar-refractivity contribution in [2.24, 2.45) is 0 Å². The molecule has 1 N–H and O–H groups in total. The molecule has 0 aliphatic carbocycles. The molecule has 1 heterocycles. The van der Waals surface area contributed by atoms with Gasteiger partial charge in [0, 0.05) is 35.2 Å². The first-order valence-corrected chi connectivity index (χ1v) is 9.82. The smallest absolute Gasteiger partial charge is 0.220 e. The van der Waals surface area contributed by atoms with Crippen molar-refractivity contribution in [3.05, 3.63) is 66.6 Å². The summed E-state index contributed by atoms with van der Waals surface area (Å²) in [5.41, 5.74) is 0.849. The molecule has 3 rings (SSSR count). The highest BCUT2D eigenvalue weighted by molar-refractivity contribution is 7.99. The molecule has 1 aromatic heterocycles. The maximum Gasteiger partial charge on any atom is 0.220 e. The molecular formula is C21H21FN2O2S. The number of halogens is 1. The molecule has 140 valence electrons. The lowest BCUT2D eigenvalue weighted by Gasteiger charge is -2.09. The van der Waals surface area contributed by atoms with E-state index in [9.17, 15) is 9.18 Å². The number of carbonyl (C=O) groups excluding carboxylic acids is 1. The van der Waals surface area contributed by atoms with E-state index in [4.69, 9.17) is 4.74 Å². The fourth-order valence-corrected chi connectivity index (χ4v) is 3.41. The largest absolute Gasteiger partial charge is 0.491 e. The van der Waals surface area contributed by atoms with Gasteiger partial charge in [0.25, 0.3) is 0 Å². The number of carbonyl (C=O) groups is 1. The van der Waals surface area contributed by atoms with Gasteiger partial charge in [-0.2, -0.15) is 0 Å². The minimum Gasteiger partial charge on any atom is -0.491 e. The molecule has 27 heavy (non-hydrogen) atoms. The number of para-hydroxylation sites is 1. The maximum absolute atomic E-state index is 12.8. The Kier molecular flexibility index (Phi) is 7.04. The van der Waals surface area contributed by atoms with Gasteiger partial charge in [-0.1, -0.05) is 18.2 Å². The predicted octanol–water partition coefficient (Wildman–Crippen LogP) is 4.44. The van der Waals surface area contributed by atoms with Crippen LogP contribution < -0.4 is 10.1 Å². The first-order chi connectivity index (χ1) is 13.2. The van der Waals surface area contributed by atoms with Crippen LogP contribution in [0.1, 0.15) is 12.8 Å². The monoisotopic (exact) mass is 384 g/mol. The van der Waals surface area contributed by atoms with Gasteiger partial charge < -0.3 is 10.1 Å². The zero-order chi connectivity index (χ0) is 18.9. The Balaban J connectivity index is 1.31. The van der Waals surface area contributed by atoms with Crippen LogP contribution in [0.15, 0.2) is 65.7 Å². The van der Waals surface area contributed by atoms with Gasteiger partial charge in [0.05, 0.1) is 6.61 Å². The zero-order valence-corrected chi connectivity index (χ0v) is 15.7. The van der Waals surface area contributed by atoms with E-state index in [0.29, 0.717) is 25.3 Å². The zero-order valence-electron chi connectivity index (χ0n) is 14.9. The maximum atomic E-state index is 12.8. The van der Waals surface area contributed by atoms with Gasteiger partial charge in [-0.05, 0) is 42.8 Å². The fraction of sp³-hybridized carbons (Fsp3) is 0.238. The average molecular weight is 384 g/mol. The Morgan fingerprint density at radius 1 is 1.11 bits per heavy atom. The quantitative estimate of drug-likeness (QED) is 0.438. The van der Waals surface area contributed by atoms with E-state index in [2.05, 4.69) is 10.3 Å². The van der Waals surface area contributed by atoms with Crippen molar-refractivity contribution >= 4 is 28.6 Å². The van der Waals surface area contributed by atoms with E-state index < -0.39 is 0 Å². The van der Waals surface area contributed by atoms with Crippen LogP contribution in [0.3, 0.4) is 0 Å². The molecule has 6 heteroatoms. The van der Waals surface area contributed by atoms with E-state index in [1.165, 1.54) is 12.1 Å². The highest BCUT2D eigenvalue weighted by atomic mass is 32.2. The summed E-state index contributed by atoms with van der Waals surface area (Å²) >= 11 is 1.54. The Bertz CT molecular complexity index is 881. The standard InChI is InChI=1S/C21H21FN2O2S/c22-17-7-9-18(10-8-17)27-15-11-20(25)23-13-3-14-26-19-6-1-4-16-5-2-12-24-21(16)19/h1-2,4-10,12H,3,11,13-15H2,(H,23,25). The molecule has 0 spiro atoms. The van der Waals surface area contributed by atoms with E-state index in [1.54, 1.807) is 30.1 Å². The summed E-state index contributed by atoms with van der Waals surface area (Å²) in [6.07, 6.45) is 2.90. The lowest BCUT2D eigenvalue weighted by atomic mass is 10.2. The molecule has 0 fully saturated rings. The number of amides is 1. The third kappa shape index (κ3) is 5.96. The van der Waals surface area contributed by atoms with Crippen molar-refractivity contribution in [1.29, 1.82) is 0 Å². The van der Waals surface area contributed by atoms with Gasteiger partial charge in [-0.3, -0.25) is 9.78 Å². The number of fused-ring (bicyclic) bond motifs is 1. The number of benzene rings is 2. The van der Waals surface area contributed by atoms with Gasteiger partial charge in [-0.25, -0.2) is 4.39 Å². The minimum absolute atomic E-state index is 0.0106. The normalized spacial score (nSPS) is 10.7. The SMILES string of the molecule is O=C(CCSc1ccc(F)cc1)NCCCOc1cccc2cccnc12. The molecule has 0 aliphatic rings. The summed E-state index contributed by atoms with van der Waals surface area (Å²) in [7, 11) is 0. The van der Waals surface area contributed by atoms with Crippen LogP contribution in [0, 0.1) is 5.82 Å². The number of ether oxygens (including phenoxy) is 1. The van der Waals surface area contributed by atoms with E-state index in [-0.39, 0.29) is 11.7 Å². The van der Waals surface area contributed by atoms with Crippen LogP contribution in [0.25, 0.3) is 10.9 Å². The van der Waals surface area contributed by atoms with Gasteiger partial charge >= 0.3 is 0 Å². The number of hydrogen-bond acceptors (Lipinski definition) is 4. The fourth-order valence-electron chi connectivity index (χ4n) is 2.56. The number of pyridine rings is 1.